The van der Waals surface area contributed by atoms with Gasteiger partial charge in [0, 0.05) is 28.2 Å². The van der Waals surface area contributed by atoms with Crippen LogP contribution in [0.2, 0.25) is 5.02 Å². The monoisotopic (exact) mass is 538 g/mol. The molecular formula is C26H23ClN4O5S. The zero-order chi connectivity index (χ0) is 26.7. The van der Waals surface area contributed by atoms with Gasteiger partial charge in [-0.2, -0.15) is 0 Å². The normalized spacial score (nSPS) is 10.8. The van der Waals surface area contributed by atoms with Gasteiger partial charge < -0.3 is 15.4 Å². The van der Waals surface area contributed by atoms with Crippen LogP contribution in [0.5, 0.6) is 0 Å². The Morgan fingerprint density at radius 2 is 1.76 bits per heavy atom. The number of ether oxygens (including phenoxy) is 1. The van der Waals surface area contributed by atoms with Gasteiger partial charge in [-0.25, -0.2) is 14.2 Å². The highest BCUT2D eigenvalue weighted by Crippen LogP contribution is 2.26. The number of carbonyl (C=O) groups is 3. The number of nitrogens with one attached hydrogen (secondary N) is 2. The largest absolute Gasteiger partial charge is 0.462 e. The molecule has 4 rings (SSSR count). The first-order valence-corrected chi connectivity index (χ1v) is 12.6. The van der Waals surface area contributed by atoms with Gasteiger partial charge in [0.2, 0.25) is 0 Å². The minimum atomic E-state index is -0.649. The van der Waals surface area contributed by atoms with Crippen LogP contribution in [0, 0.1) is 13.8 Å². The van der Waals surface area contributed by atoms with Gasteiger partial charge in [0.1, 0.15) is 10.6 Å². The number of nitrogens with zero attached hydrogens (tertiary/aromatic N) is 2. The number of hydrogen-bond donors (Lipinski definition) is 2. The molecule has 0 aliphatic heterocycles. The lowest BCUT2D eigenvalue weighted by atomic mass is 10.2. The van der Waals surface area contributed by atoms with Gasteiger partial charge in [0.25, 0.3) is 17.4 Å². The maximum absolute atomic E-state index is 13.4. The molecular weight excluding hydrogens is 516 g/mol. The van der Waals surface area contributed by atoms with Crippen molar-refractivity contribution in [2.45, 2.75) is 27.2 Å². The molecule has 2 N–H and O–H groups in total. The van der Waals surface area contributed by atoms with Crippen LogP contribution in [0.25, 0.3) is 4.96 Å². The summed E-state index contributed by atoms with van der Waals surface area (Å²) in [6, 6.07) is 12.4. The van der Waals surface area contributed by atoms with Gasteiger partial charge in [-0.05, 0) is 68.3 Å². The number of aromatic nitrogens is 2. The molecule has 9 nitrogen and oxygen atoms in total. The first kappa shape index (κ1) is 26.1. The Labute approximate surface area is 221 Å². The third kappa shape index (κ3) is 5.71. The molecule has 190 valence electrons. The van der Waals surface area contributed by atoms with Crippen LogP contribution in [0.1, 0.15) is 55.1 Å². The van der Waals surface area contributed by atoms with E-state index in [0.29, 0.717) is 46.2 Å². The van der Waals surface area contributed by atoms with Crippen LogP contribution >= 0.6 is 22.9 Å². The summed E-state index contributed by atoms with van der Waals surface area (Å²) in [7, 11) is 0. The maximum atomic E-state index is 13.4. The zero-order valence-corrected chi connectivity index (χ0v) is 21.8. The Balaban J connectivity index is 1.68. The highest BCUT2D eigenvalue weighted by molar-refractivity contribution is 7.19. The summed E-state index contributed by atoms with van der Waals surface area (Å²) in [6.45, 7) is 5.65. The fourth-order valence-electron chi connectivity index (χ4n) is 3.55. The number of esters is 1. The van der Waals surface area contributed by atoms with Crippen LogP contribution in [0.3, 0.4) is 0 Å². The third-order valence-electron chi connectivity index (χ3n) is 5.32. The topological polar surface area (TPSA) is 119 Å². The van der Waals surface area contributed by atoms with E-state index in [0.717, 1.165) is 15.7 Å². The number of amides is 2. The first-order valence-electron chi connectivity index (χ1n) is 11.4. The van der Waals surface area contributed by atoms with E-state index in [-0.39, 0.29) is 15.5 Å². The van der Waals surface area contributed by atoms with Crippen molar-refractivity contribution in [1.82, 2.24) is 9.38 Å². The Hall–Kier alpha value is -4.02. The molecule has 0 spiro atoms. The van der Waals surface area contributed by atoms with E-state index >= 15 is 0 Å². The van der Waals surface area contributed by atoms with Crippen molar-refractivity contribution in [3.05, 3.63) is 91.3 Å². The quantitative estimate of drug-likeness (QED) is 0.316. The van der Waals surface area contributed by atoms with Crippen molar-refractivity contribution in [3.8, 4) is 0 Å². The molecule has 0 aliphatic rings. The second-order valence-electron chi connectivity index (χ2n) is 8.21. The van der Waals surface area contributed by atoms with E-state index in [1.165, 1.54) is 18.2 Å². The average Bonchev–Trinajstić information content (AvgIpc) is 3.24. The number of carbonyl (C=O) groups excluding carboxylic acids is 3. The van der Waals surface area contributed by atoms with Crippen LogP contribution in [0.4, 0.5) is 11.4 Å². The lowest BCUT2D eigenvalue weighted by Gasteiger charge is -2.10. The molecule has 0 aliphatic carbocycles. The number of benzene rings is 2. The number of rotatable bonds is 7. The minimum absolute atomic E-state index is 0.00532. The van der Waals surface area contributed by atoms with Crippen molar-refractivity contribution in [3.63, 3.8) is 0 Å². The molecule has 0 unspecified atom stereocenters. The van der Waals surface area contributed by atoms with E-state index in [1.54, 1.807) is 44.2 Å². The number of anilines is 2. The Kier molecular flexibility index (Phi) is 7.70. The van der Waals surface area contributed by atoms with Crippen LogP contribution < -0.4 is 16.2 Å². The summed E-state index contributed by atoms with van der Waals surface area (Å²) in [5, 5.41) is 5.99. The SMILES string of the molecule is CCCOC(=O)c1ccc(NC(=O)c2sc3nc(C)cc(=O)n3c2C(=O)Nc2ccc(Cl)cc2C)cc1. The van der Waals surface area contributed by atoms with E-state index in [9.17, 15) is 19.2 Å². The molecule has 11 heteroatoms. The molecule has 0 fully saturated rings. The van der Waals surface area contributed by atoms with Crippen molar-refractivity contribution < 1.29 is 19.1 Å². The molecule has 0 saturated heterocycles. The summed E-state index contributed by atoms with van der Waals surface area (Å²) in [4.78, 5) is 56.1. The fourth-order valence-corrected chi connectivity index (χ4v) is 4.84. The van der Waals surface area contributed by atoms with Gasteiger partial charge in [0.15, 0.2) is 4.96 Å². The van der Waals surface area contributed by atoms with Crippen molar-refractivity contribution in [2.24, 2.45) is 0 Å². The van der Waals surface area contributed by atoms with Gasteiger partial charge >= 0.3 is 5.97 Å². The van der Waals surface area contributed by atoms with Crippen molar-refractivity contribution in [2.75, 3.05) is 17.2 Å². The number of fused-ring (bicyclic) bond motifs is 1. The first-order chi connectivity index (χ1) is 17.7. The number of aryl methyl sites for hydroxylation is 2. The molecule has 37 heavy (non-hydrogen) atoms. The van der Waals surface area contributed by atoms with Gasteiger partial charge in [-0.3, -0.25) is 14.4 Å². The Morgan fingerprint density at radius 1 is 1.03 bits per heavy atom. The lowest BCUT2D eigenvalue weighted by molar-refractivity contribution is 0.0505. The molecule has 0 saturated carbocycles. The summed E-state index contributed by atoms with van der Waals surface area (Å²) < 4.78 is 6.24. The molecule has 2 heterocycles. The number of thiazole rings is 1. The Bertz CT molecular complexity index is 1580. The van der Waals surface area contributed by atoms with Gasteiger partial charge in [-0.1, -0.05) is 29.9 Å². The second kappa shape index (κ2) is 10.9. The lowest BCUT2D eigenvalue weighted by Crippen LogP contribution is -2.25. The molecule has 2 aromatic carbocycles. The standard InChI is InChI=1S/C26H23ClN4O5S/c1-4-11-36-25(35)16-5-8-18(9-6-16)29-24(34)22-21(31-20(32)13-15(3)28-26(31)37-22)23(33)30-19-10-7-17(27)12-14(19)2/h5-10,12-13H,4,11H2,1-3H3,(H,29,34)(H,30,33). The maximum Gasteiger partial charge on any atom is 0.338 e. The molecule has 0 bridgehead atoms. The smallest absolute Gasteiger partial charge is 0.338 e. The second-order valence-corrected chi connectivity index (χ2v) is 9.63. The van der Waals surface area contributed by atoms with Crippen LogP contribution in [-0.2, 0) is 4.74 Å². The van der Waals surface area contributed by atoms with E-state index < -0.39 is 23.3 Å². The Morgan fingerprint density at radius 3 is 2.43 bits per heavy atom. The summed E-state index contributed by atoms with van der Waals surface area (Å²) in [5.74, 6) is -1.71. The molecule has 4 aromatic rings. The highest BCUT2D eigenvalue weighted by atomic mass is 35.5. The third-order valence-corrected chi connectivity index (χ3v) is 6.60. The molecule has 0 radical (unpaired) electrons. The van der Waals surface area contributed by atoms with Crippen LogP contribution in [0.15, 0.2) is 53.3 Å². The van der Waals surface area contributed by atoms with Gasteiger partial charge in [0.05, 0.1) is 12.2 Å². The van der Waals surface area contributed by atoms with Crippen LogP contribution in [-0.4, -0.2) is 33.8 Å². The van der Waals surface area contributed by atoms with Crippen molar-refractivity contribution in [1.29, 1.82) is 0 Å². The highest BCUT2D eigenvalue weighted by Gasteiger charge is 2.26. The minimum Gasteiger partial charge on any atom is -0.462 e. The van der Waals surface area contributed by atoms with Crippen molar-refractivity contribution >= 4 is 57.1 Å². The summed E-state index contributed by atoms with van der Waals surface area (Å²) in [6.07, 6.45) is 0.708. The van der Waals surface area contributed by atoms with E-state index in [1.807, 2.05) is 6.92 Å². The predicted octanol–water partition coefficient (Wildman–Crippen LogP) is 5.10. The molecule has 2 amide bonds. The van der Waals surface area contributed by atoms with E-state index in [4.69, 9.17) is 16.3 Å². The summed E-state index contributed by atoms with van der Waals surface area (Å²) in [5.41, 5.74) is 1.78. The zero-order valence-electron chi connectivity index (χ0n) is 20.3. The fraction of sp³-hybridized carbons (Fsp3) is 0.192. The number of halogens is 1. The molecule has 0 atom stereocenters. The number of hydrogen-bond acceptors (Lipinski definition) is 7. The van der Waals surface area contributed by atoms with E-state index in [2.05, 4.69) is 15.6 Å². The molecule has 2 aromatic heterocycles. The average molecular weight is 539 g/mol. The van der Waals surface area contributed by atoms with Gasteiger partial charge in [-0.15, -0.1) is 0 Å². The predicted molar refractivity (Wildman–Crippen MR) is 143 cm³/mol. The summed E-state index contributed by atoms with van der Waals surface area (Å²) >= 11 is 6.94.